The van der Waals surface area contributed by atoms with Gasteiger partial charge in [0.25, 0.3) is 0 Å². The van der Waals surface area contributed by atoms with Crippen LogP contribution in [0.2, 0.25) is 0 Å². The molecule has 56 valence electrons. The molecule has 0 heterocycles. The summed E-state index contributed by atoms with van der Waals surface area (Å²) in [6.07, 6.45) is 4.78. The minimum atomic E-state index is 0.934. The summed E-state index contributed by atoms with van der Waals surface area (Å²) >= 11 is 0. The second-order valence-electron chi connectivity index (χ2n) is 2.11. The van der Waals surface area contributed by atoms with E-state index in [4.69, 9.17) is 4.74 Å². The van der Waals surface area contributed by atoms with Crippen LogP contribution in [0, 0.1) is 0 Å². The van der Waals surface area contributed by atoms with Gasteiger partial charge in [-0.15, -0.1) is 9.24 Å². The van der Waals surface area contributed by atoms with Gasteiger partial charge in [0.2, 0.25) is 0 Å². The Bertz CT molecular complexity index is 42.2. The van der Waals surface area contributed by atoms with Gasteiger partial charge in [-0.25, -0.2) is 0 Å². The second kappa shape index (κ2) is 8.39. The molecule has 0 fully saturated rings. The molecule has 0 radical (unpaired) electrons. The first kappa shape index (κ1) is 9.39. The molecule has 2 heteroatoms. The molecular weight excluding hydrogens is 131 g/mol. The van der Waals surface area contributed by atoms with Crippen molar-refractivity contribution in [2.24, 2.45) is 0 Å². The lowest BCUT2D eigenvalue weighted by molar-refractivity contribution is 0.132. The van der Waals surface area contributed by atoms with E-state index < -0.39 is 0 Å². The molecule has 0 saturated heterocycles. The lowest BCUT2D eigenvalue weighted by Crippen LogP contribution is -1.96. The van der Waals surface area contributed by atoms with Crippen LogP contribution in [0.25, 0.3) is 0 Å². The van der Waals surface area contributed by atoms with Crippen molar-refractivity contribution in [2.45, 2.75) is 26.2 Å². The summed E-state index contributed by atoms with van der Waals surface area (Å²) in [5.41, 5.74) is 0. The Labute approximate surface area is 60.4 Å². The van der Waals surface area contributed by atoms with E-state index >= 15 is 0 Å². The van der Waals surface area contributed by atoms with Gasteiger partial charge in [-0.1, -0.05) is 13.3 Å². The van der Waals surface area contributed by atoms with E-state index in [0.29, 0.717) is 0 Å². The Hall–Kier alpha value is 0.390. The molecule has 0 saturated carbocycles. The number of rotatable bonds is 6. The van der Waals surface area contributed by atoms with Crippen LogP contribution in [-0.4, -0.2) is 19.4 Å². The van der Waals surface area contributed by atoms with Crippen LogP contribution in [0.1, 0.15) is 26.2 Å². The maximum atomic E-state index is 5.30. The van der Waals surface area contributed by atoms with Crippen molar-refractivity contribution >= 4 is 9.24 Å². The highest BCUT2D eigenvalue weighted by Gasteiger charge is 1.84. The smallest absolute Gasteiger partial charge is 0.0469 e. The minimum Gasteiger partial charge on any atom is -0.381 e. The standard InChI is InChI=1S/C7H17OP/c1-2-3-5-8-6-4-7-9/h2-7,9H2,1H3. The molecule has 0 aromatic rings. The summed E-state index contributed by atoms with van der Waals surface area (Å²) in [6.45, 7) is 4.06. The summed E-state index contributed by atoms with van der Waals surface area (Å²) in [6, 6.07) is 0. The molecule has 1 atom stereocenters. The van der Waals surface area contributed by atoms with Crippen molar-refractivity contribution in [1.29, 1.82) is 0 Å². The molecule has 0 rings (SSSR count). The third-order valence-corrected chi connectivity index (χ3v) is 1.54. The van der Waals surface area contributed by atoms with Crippen molar-refractivity contribution < 1.29 is 4.74 Å². The van der Waals surface area contributed by atoms with Gasteiger partial charge in [-0.05, 0) is 19.0 Å². The van der Waals surface area contributed by atoms with Crippen molar-refractivity contribution in [3.63, 3.8) is 0 Å². The first-order chi connectivity index (χ1) is 4.41. The predicted molar refractivity (Wildman–Crippen MR) is 44.9 cm³/mol. The normalized spacial score (nSPS) is 10.0. The van der Waals surface area contributed by atoms with Gasteiger partial charge in [-0.2, -0.15) is 0 Å². The molecule has 0 spiro atoms. The molecule has 9 heavy (non-hydrogen) atoms. The fourth-order valence-corrected chi connectivity index (χ4v) is 0.701. The van der Waals surface area contributed by atoms with E-state index in [9.17, 15) is 0 Å². The van der Waals surface area contributed by atoms with Gasteiger partial charge >= 0.3 is 0 Å². The SMILES string of the molecule is CCCCOCCCP. The Morgan fingerprint density at radius 2 is 1.89 bits per heavy atom. The molecule has 0 aromatic heterocycles. The zero-order valence-corrected chi connectivity index (χ0v) is 7.38. The lowest BCUT2D eigenvalue weighted by Gasteiger charge is -1.99. The average molecular weight is 148 g/mol. The topological polar surface area (TPSA) is 9.23 Å². The Morgan fingerprint density at radius 3 is 2.44 bits per heavy atom. The summed E-state index contributed by atoms with van der Waals surface area (Å²) in [5.74, 6) is 0. The Morgan fingerprint density at radius 1 is 1.22 bits per heavy atom. The van der Waals surface area contributed by atoms with Crippen LogP contribution in [0.4, 0.5) is 0 Å². The highest BCUT2D eigenvalue weighted by atomic mass is 31.0. The first-order valence-corrected chi connectivity index (χ1v) is 4.51. The summed E-state index contributed by atoms with van der Waals surface area (Å²) < 4.78 is 5.30. The molecule has 0 aliphatic heterocycles. The van der Waals surface area contributed by atoms with Crippen LogP contribution in [-0.2, 0) is 4.74 Å². The molecule has 0 aliphatic carbocycles. The molecular formula is C7H17OP. The van der Waals surface area contributed by atoms with Gasteiger partial charge in [0, 0.05) is 13.2 Å². The number of hydrogen-bond donors (Lipinski definition) is 0. The third-order valence-electron chi connectivity index (χ3n) is 1.14. The monoisotopic (exact) mass is 148 g/mol. The van der Waals surface area contributed by atoms with Crippen LogP contribution in [0.15, 0.2) is 0 Å². The van der Waals surface area contributed by atoms with E-state index in [1.165, 1.54) is 19.3 Å². The van der Waals surface area contributed by atoms with E-state index in [0.717, 1.165) is 19.4 Å². The fourth-order valence-electron chi connectivity index (χ4n) is 0.534. The fraction of sp³-hybridized carbons (Fsp3) is 1.00. The maximum Gasteiger partial charge on any atom is 0.0469 e. The third kappa shape index (κ3) is 8.39. The first-order valence-electron chi connectivity index (χ1n) is 3.69. The van der Waals surface area contributed by atoms with Gasteiger partial charge in [0.05, 0.1) is 0 Å². The molecule has 0 bridgehead atoms. The van der Waals surface area contributed by atoms with E-state index in [1.54, 1.807) is 0 Å². The maximum absolute atomic E-state index is 5.30. The second-order valence-corrected chi connectivity index (χ2v) is 2.69. The van der Waals surface area contributed by atoms with Gasteiger partial charge in [-0.3, -0.25) is 0 Å². The summed E-state index contributed by atoms with van der Waals surface area (Å²) in [5, 5.41) is 0. The van der Waals surface area contributed by atoms with Gasteiger partial charge in [0.1, 0.15) is 0 Å². The molecule has 0 N–H and O–H groups in total. The van der Waals surface area contributed by atoms with Crippen molar-refractivity contribution in [3.8, 4) is 0 Å². The Balaban J connectivity index is 2.60. The van der Waals surface area contributed by atoms with Crippen LogP contribution >= 0.6 is 9.24 Å². The van der Waals surface area contributed by atoms with Gasteiger partial charge in [0.15, 0.2) is 0 Å². The van der Waals surface area contributed by atoms with Crippen molar-refractivity contribution in [2.75, 3.05) is 19.4 Å². The summed E-state index contributed by atoms with van der Waals surface area (Å²) in [7, 11) is 2.70. The summed E-state index contributed by atoms with van der Waals surface area (Å²) in [4.78, 5) is 0. The van der Waals surface area contributed by atoms with Gasteiger partial charge < -0.3 is 4.74 Å². The highest BCUT2D eigenvalue weighted by Crippen LogP contribution is 1.91. The molecule has 1 unspecified atom stereocenters. The highest BCUT2D eigenvalue weighted by molar-refractivity contribution is 7.16. The predicted octanol–water partition coefficient (Wildman–Crippen LogP) is 2.07. The molecule has 1 nitrogen and oxygen atoms in total. The quantitative estimate of drug-likeness (QED) is 0.414. The minimum absolute atomic E-state index is 0.934. The Kier molecular flexibility index (Phi) is 8.75. The van der Waals surface area contributed by atoms with Crippen LogP contribution in [0.5, 0.6) is 0 Å². The molecule has 0 aliphatic rings. The van der Waals surface area contributed by atoms with Crippen molar-refractivity contribution in [1.82, 2.24) is 0 Å². The van der Waals surface area contributed by atoms with Crippen LogP contribution < -0.4 is 0 Å². The number of ether oxygens (including phenoxy) is 1. The molecule has 0 aromatic carbocycles. The average Bonchev–Trinajstić information content (AvgIpc) is 1.89. The largest absolute Gasteiger partial charge is 0.381 e. The number of hydrogen-bond acceptors (Lipinski definition) is 1. The van der Waals surface area contributed by atoms with Crippen molar-refractivity contribution in [3.05, 3.63) is 0 Å². The van der Waals surface area contributed by atoms with Crippen LogP contribution in [0.3, 0.4) is 0 Å². The number of unbranched alkanes of at least 4 members (excludes halogenated alkanes) is 1. The van der Waals surface area contributed by atoms with E-state index in [-0.39, 0.29) is 0 Å². The molecule has 0 amide bonds. The zero-order chi connectivity index (χ0) is 6.95. The zero-order valence-electron chi connectivity index (χ0n) is 6.23. The lowest BCUT2D eigenvalue weighted by atomic mass is 10.4. The van der Waals surface area contributed by atoms with E-state index in [1.807, 2.05) is 0 Å². The van der Waals surface area contributed by atoms with E-state index in [2.05, 4.69) is 16.2 Å².